The van der Waals surface area contributed by atoms with Crippen LogP contribution in [0.2, 0.25) is 0 Å². The number of nitrogens with zero attached hydrogens (tertiary/aromatic N) is 3. The molecule has 0 radical (unpaired) electrons. The number of nitro groups is 1. The minimum absolute atomic E-state index is 0.178. The maximum atomic E-state index is 14.2. The van der Waals surface area contributed by atoms with Gasteiger partial charge in [-0.1, -0.05) is 0 Å². The second-order valence-electron chi connectivity index (χ2n) is 5.72. The number of nitro benzene ring substituents is 1. The number of hydrogen-bond acceptors (Lipinski definition) is 6. The highest BCUT2D eigenvalue weighted by atomic mass is 19.1. The van der Waals surface area contributed by atoms with Crippen molar-refractivity contribution in [2.24, 2.45) is 0 Å². The number of halogens is 1. The van der Waals surface area contributed by atoms with E-state index >= 15 is 0 Å². The fourth-order valence-electron chi connectivity index (χ4n) is 2.93. The van der Waals surface area contributed by atoms with Gasteiger partial charge in [0, 0.05) is 37.9 Å². The van der Waals surface area contributed by atoms with Crippen LogP contribution in [0.1, 0.15) is 0 Å². The van der Waals surface area contributed by atoms with Crippen LogP contribution in [-0.4, -0.2) is 43.3 Å². The molecular formula is C17H18FN3O4. The van der Waals surface area contributed by atoms with Crippen molar-refractivity contribution in [3.63, 3.8) is 0 Å². The summed E-state index contributed by atoms with van der Waals surface area (Å²) >= 11 is 0. The third-order valence-electron chi connectivity index (χ3n) is 4.30. The predicted octanol–water partition coefficient (Wildman–Crippen LogP) is 2.77. The van der Waals surface area contributed by atoms with Crippen molar-refractivity contribution in [3.05, 3.63) is 52.3 Å². The van der Waals surface area contributed by atoms with E-state index < -0.39 is 22.2 Å². The van der Waals surface area contributed by atoms with Crippen molar-refractivity contribution in [1.82, 2.24) is 0 Å². The molecule has 1 aliphatic rings. The lowest BCUT2D eigenvalue weighted by Crippen LogP contribution is -2.46. The highest BCUT2D eigenvalue weighted by Gasteiger charge is 2.24. The molecule has 1 N–H and O–H groups in total. The Kier molecular flexibility index (Phi) is 4.60. The summed E-state index contributed by atoms with van der Waals surface area (Å²) in [6.07, 6.45) is 0. The fraction of sp³-hybridized carbons (Fsp3) is 0.294. The molecule has 1 aliphatic heterocycles. The highest BCUT2D eigenvalue weighted by molar-refractivity contribution is 5.61. The molecule has 2 aromatic rings. The van der Waals surface area contributed by atoms with Gasteiger partial charge in [-0.25, -0.2) is 4.39 Å². The first-order chi connectivity index (χ1) is 12.0. The number of methoxy groups -OCH3 is 1. The predicted molar refractivity (Wildman–Crippen MR) is 92.1 cm³/mol. The molecule has 0 unspecified atom stereocenters. The first-order valence-electron chi connectivity index (χ1n) is 7.80. The zero-order valence-corrected chi connectivity index (χ0v) is 13.7. The summed E-state index contributed by atoms with van der Waals surface area (Å²) in [7, 11) is 1.61. The summed E-state index contributed by atoms with van der Waals surface area (Å²) in [5.41, 5.74) is 0.600. The van der Waals surface area contributed by atoms with Crippen LogP contribution in [-0.2, 0) is 0 Å². The number of piperazine rings is 1. The van der Waals surface area contributed by atoms with Gasteiger partial charge in [0.1, 0.15) is 5.75 Å². The van der Waals surface area contributed by atoms with Gasteiger partial charge in [0.15, 0.2) is 11.6 Å². The molecule has 0 bridgehead atoms. The second-order valence-corrected chi connectivity index (χ2v) is 5.72. The van der Waals surface area contributed by atoms with Crippen molar-refractivity contribution in [3.8, 4) is 11.5 Å². The Morgan fingerprint density at radius 3 is 2.28 bits per heavy atom. The molecule has 0 saturated carbocycles. The maximum Gasteiger partial charge on any atom is 0.313 e. The zero-order valence-electron chi connectivity index (χ0n) is 13.7. The SMILES string of the molecule is COc1ccc(N2CCN(c3cc(O)c([N+](=O)[O-])cc3F)CC2)cc1. The number of anilines is 2. The van der Waals surface area contributed by atoms with E-state index in [9.17, 15) is 19.6 Å². The van der Waals surface area contributed by atoms with E-state index in [1.807, 2.05) is 24.3 Å². The molecule has 25 heavy (non-hydrogen) atoms. The van der Waals surface area contributed by atoms with Crippen LogP contribution in [0.4, 0.5) is 21.5 Å². The summed E-state index contributed by atoms with van der Waals surface area (Å²) < 4.78 is 19.3. The molecule has 8 heteroatoms. The number of phenols is 1. The number of rotatable bonds is 4. The quantitative estimate of drug-likeness (QED) is 0.677. The van der Waals surface area contributed by atoms with Crippen LogP contribution in [0.15, 0.2) is 36.4 Å². The van der Waals surface area contributed by atoms with Crippen molar-refractivity contribution in [1.29, 1.82) is 0 Å². The fourth-order valence-corrected chi connectivity index (χ4v) is 2.93. The molecule has 2 aromatic carbocycles. The first-order valence-corrected chi connectivity index (χ1v) is 7.80. The minimum Gasteiger partial charge on any atom is -0.502 e. The first kappa shape index (κ1) is 16.8. The summed E-state index contributed by atoms with van der Waals surface area (Å²) in [5.74, 6) is -0.452. The lowest BCUT2D eigenvalue weighted by atomic mass is 10.2. The largest absolute Gasteiger partial charge is 0.502 e. The van der Waals surface area contributed by atoms with Gasteiger partial charge >= 0.3 is 5.69 Å². The van der Waals surface area contributed by atoms with Gasteiger partial charge in [-0.05, 0) is 24.3 Å². The maximum absolute atomic E-state index is 14.2. The van der Waals surface area contributed by atoms with E-state index in [-0.39, 0.29) is 5.69 Å². The monoisotopic (exact) mass is 347 g/mol. The van der Waals surface area contributed by atoms with E-state index in [1.165, 1.54) is 0 Å². The Balaban J connectivity index is 1.71. The third-order valence-corrected chi connectivity index (χ3v) is 4.30. The molecule has 1 heterocycles. The van der Waals surface area contributed by atoms with Crippen molar-refractivity contribution in [2.75, 3.05) is 43.1 Å². The topological polar surface area (TPSA) is 79.1 Å². The average Bonchev–Trinajstić information content (AvgIpc) is 2.63. The Morgan fingerprint density at radius 2 is 1.72 bits per heavy atom. The van der Waals surface area contributed by atoms with Crippen LogP contribution >= 0.6 is 0 Å². The minimum atomic E-state index is -0.802. The lowest BCUT2D eigenvalue weighted by Gasteiger charge is -2.37. The number of aromatic hydroxyl groups is 1. The summed E-state index contributed by atoms with van der Waals surface area (Å²) in [6, 6.07) is 9.59. The zero-order chi connectivity index (χ0) is 18.0. The Labute approximate surface area is 144 Å². The van der Waals surface area contributed by atoms with E-state index in [1.54, 1.807) is 12.0 Å². The van der Waals surface area contributed by atoms with E-state index in [2.05, 4.69) is 4.90 Å². The van der Waals surface area contributed by atoms with Gasteiger partial charge in [-0.15, -0.1) is 0 Å². The van der Waals surface area contributed by atoms with Crippen LogP contribution in [0, 0.1) is 15.9 Å². The van der Waals surface area contributed by atoms with Crippen LogP contribution in [0.25, 0.3) is 0 Å². The molecule has 132 valence electrons. The van der Waals surface area contributed by atoms with E-state index in [0.717, 1.165) is 23.6 Å². The Hall–Kier alpha value is -3.03. The van der Waals surface area contributed by atoms with Gasteiger partial charge < -0.3 is 19.6 Å². The van der Waals surface area contributed by atoms with E-state index in [0.29, 0.717) is 26.2 Å². The number of benzene rings is 2. The molecule has 0 aliphatic carbocycles. The van der Waals surface area contributed by atoms with Gasteiger partial charge in [-0.2, -0.15) is 0 Å². The second kappa shape index (κ2) is 6.84. The van der Waals surface area contributed by atoms with Gasteiger partial charge in [0.05, 0.1) is 23.8 Å². The molecule has 0 amide bonds. The summed E-state index contributed by atoms with van der Waals surface area (Å²) in [4.78, 5) is 13.9. The Bertz CT molecular complexity index is 774. The molecular weight excluding hydrogens is 329 g/mol. The standard InChI is InChI=1S/C17H18FN3O4/c1-25-13-4-2-12(3-5-13)19-6-8-20(9-7-19)15-11-17(22)16(21(23)24)10-14(15)18/h2-5,10-11,22H,6-9H2,1H3. The normalized spacial score (nSPS) is 14.5. The summed E-state index contributed by atoms with van der Waals surface area (Å²) in [5, 5.41) is 20.5. The van der Waals surface area contributed by atoms with Crippen molar-refractivity contribution < 1.29 is 19.2 Å². The average molecular weight is 347 g/mol. The van der Waals surface area contributed by atoms with Crippen LogP contribution in [0.3, 0.4) is 0 Å². The Morgan fingerprint density at radius 1 is 1.12 bits per heavy atom. The molecule has 0 atom stereocenters. The third kappa shape index (κ3) is 3.42. The highest BCUT2D eigenvalue weighted by Crippen LogP contribution is 2.34. The van der Waals surface area contributed by atoms with Crippen LogP contribution in [0.5, 0.6) is 11.5 Å². The molecule has 0 aromatic heterocycles. The van der Waals surface area contributed by atoms with E-state index in [4.69, 9.17) is 4.74 Å². The molecule has 1 fully saturated rings. The van der Waals surface area contributed by atoms with Gasteiger partial charge in [0.2, 0.25) is 0 Å². The van der Waals surface area contributed by atoms with Gasteiger partial charge in [0.25, 0.3) is 0 Å². The number of ether oxygens (including phenoxy) is 1. The van der Waals surface area contributed by atoms with Crippen LogP contribution < -0.4 is 14.5 Å². The molecule has 0 spiro atoms. The number of hydrogen-bond donors (Lipinski definition) is 1. The molecule has 7 nitrogen and oxygen atoms in total. The smallest absolute Gasteiger partial charge is 0.313 e. The van der Waals surface area contributed by atoms with Crippen molar-refractivity contribution >= 4 is 17.1 Å². The lowest BCUT2D eigenvalue weighted by molar-refractivity contribution is -0.386. The molecule has 3 rings (SSSR count). The van der Waals surface area contributed by atoms with Gasteiger partial charge in [-0.3, -0.25) is 10.1 Å². The summed E-state index contributed by atoms with van der Waals surface area (Å²) in [6.45, 7) is 2.42. The molecule has 1 saturated heterocycles. The number of phenolic OH excluding ortho intramolecular Hbond substituents is 1. The van der Waals surface area contributed by atoms with Crippen molar-refractivity contribution in [2.45, 2.75) is 0 Å².